The van der Waals surface area contributed by atoms with E-state index in [1.54, 1.807) is 0 Å². The van der Waals surface area contributed by atoms with Gasteiger partial charge in [0.05, 0.1) is 6.04 Å². The molecule has 2 aliphatic rings. The highest BCUT2D eigenvalue weighted by molar-refractivity contribution is 5.82. The van der Waals surface area contributed by atoms with Crippen LogP contribution in [0.2, 0.25) is 0 Å². The molecule has 1 fully saturated rings. The lowest BCUT2D eigenvalue weighted by molar-refractivity contribution is -0.123. The summed E-state index contributed by atoms with van der Waals surface area (Å²) >= 11 is 0. The Hall–Kier alpha value is -1.35. The molecule has 18 heavy (non-hydrogen) atoms. The molecular weight excluding hydrogens is 224 g/mol. The highest BCUT2D eigenvalue weighted by Crippen LogP contribution is 2.31. The summed E-state index contributed by atoms with van der Waals surface area (Å²) in [7, 11) is 0. The zero-order valence-corrected chi connectivity index (χ0v) is 10.6. The summed E-state index contributed by atoms with van der Waals surface area (Å²) < 4.78 is 0. The van der Waals surface area contributed by atoms with E-state index in [9.17, 15) is 4.79 Å². The van der Waals surface area contributed by atoms with Crippen LogP contribution in [0.4, 0.5) is 0 Å². The van der Waals surface area contributed by atoms with Gasteiger partial charge < -0.3 is 5.32 Å². The molecule has 3 nitrogen and oxygen atoms in total. The topological polar surface area (TPSA) is 41.1 Å². The molecule has 1 aromatic carbocycles. The van der Waals surface area contributed by atoms with Crippen LogP contribution in [0.1, 0.15) is 42.9 Å². The maximum atomic E-state index is 11.9. The van der Waals surface area contributed by atoms with Crippen molar-refractivity contribution in [2.45, 2.75) is 44.2 Å². The number of hydrogen-bond donors (Lipinski definition) is 2. The van der Waals surface area contributed by atoms with Crippen LogP contribution >= 0.6 is 0 Å². The summed E-state index contributed by atoms with van der Waals surface area (Å²) in [4.78, 5) is 11.9. The highest BCUT2D eigenvalue weighted by atomic mass is 16.2. The molecule has 96 valence electrons. The molecule has 1 saturated heterocycles. The van der Waals surface area contributed by atoms with E-state index in [-0.39, 0.29) is 11.9 Å². The molecule has 0 aromatic heterocycles. The Labute approximate surface area is 108 Å². The quantitative estimate of drug-likeness (QED) is 0.834. The number of nitrogens with one attached hydrogen (secondary N) is 2. The van der Waals surface area contributed by atoms with Crippen molar-refractivity contribution >= 4 is 5.91 Å². The van der Waals surface area contributed by atoms with Crippen molar-refractivity contribution in [1.29, 1.82) is 0 Å². The van der Waals surface area contributed by atoms with Crippen LogP contribution in [-0.2, 0) is 11.2 Å². The fraction of sp³-hybridized carbons (Fsp3) is 0.533. The number of rotatable bonds is 2. The van der Waals surface area contributed by atoms with E-state index in [2.05, 4.69) is 34.9 Å². The van der Waals surface area contributed by atoms with Crippen LogP contribution in [-0.4, -0.2) is 18.5 Å². The molecule has 3 rings (SSSR count). The van der Waals surface area contributed by atoms with Crippen molar-refractivity contribution in [1.82, 2.24) is 10.6 Å². The van der Waals surface area contributed by atoms with Crippen molar-refractivity contribution in [3.8, 4) is 0 Å². The molecule has 1 aliphatic carbocycles. The first-order valence-electron chi connectivity index (χ1n) is 6.96. The van der Waals surface area contributed by atoms with Crippen LogP contribution in [0.5, 0.6) is 0 Å². The molecule has 3 heteroatoms. The second-order valence-corrected chi connectivity index (χ2v) is 5.30. The number of fused-ring (bicyclic) bond motifs is 1. The number of hydrogen-bond acceptors (Lipinski definition) is 2. The lowest BCUT2D eigenvalue weighted by Crippen LogP contribution is -2.43. The van der Waals surface area contributed by atoms with Crippen molar-refractivity contribution in [3.63, 3.8) is 0 Å². The minimum Gasteiger partial charge on any atom is -0.355 e. The Kier molecular flexibility index (Phi) is 3.33. The van der Waals surface area contributed by atoms with Gasteiger partial charge in [-0.1, -0.05) is 24.3 Å². The first-order chi connectivity index (χ1) is 8.84. The summed E-state index contributed by atoms with van der Waals surface area (Å²) in [6.07, 6.45) is 5.44. The number of carbonyl (C=O) groups is 1. The molecular formula is C15H20N2O. The summed E-state index contributed by atoms with van der Waals surface area (Å²) in [6, 6.07) is 8.92. The number of aryl methyl sites for hydroxylation is 1. The lowest BCUT2D eigenvalue weighted by atomic mass is 10.1. The standard InChI is InChI=1S/C15H20N2O/c18-15-14(7-3-4-10-16-15)17-13-9-8-11-5-1-2-6-12(11)13/h1-2,5-6,13-14,17H,3-4,7-10H2,(H,16,18). The van der Waals surface area contributed by atoms with Gasteiger partial charge in [-0.05, 0) is 43.2 Å². The van der Waals surface area contributed by atoms with Gasteiger partial charge in [0, 0.05) is 12.6 Å². The summed E-state index contributed by atoms with van der Waals surface area (Å²) in [5.41, 5.74) is 2.82. The number of carbonyl (C=O) groups excluding carboxylic acids is 1. The van der Waals surface area contributed by atoms with Crippen LogP contribution in [0.3, 0.4) is 0 Å². The van der Waals surface area contributed by atoms with E-state index in [4.69, 9.17) is 0 Å². The lowest BCUT2D eigenvalue weighted by Gasteiger charge is -2.21. The number of benzene rings is 1. The average Bonchev–Trinajstić information content (AvgIpc) is 2.69. The Morgan fingerprint density at radius 1 is 1.11 bits per heavy atom. The Bertz CT molecular complexity index is 444. The average molecular weight is 244 g/mol. The van der Waals surface area contributed by atoms with Crippen LogP contribution < -0.4 is 10.6 Å². The first-order valence-corrected chi connectivity index (χ1v) is 6.96. The monoisotopic (exact) mass is 244 g/mol. The van der Waals surface area contributed by atoms with Gasteiger partial charge in [-0.3, -0.25) is 10.1 Å². The Morgan fingerprint density at radius 2 is 2.00 bits per heavy atom. The van der Waals surface area contributed by atoms with E-state index < -0.39 is 0 Å². The third-order valence-electron chi connectivity index (χ3n) is 4.07. The third-order valence-corrected chi connectivity index (χ3v) is 4.07. The maximum absolute atomic E-state index is 11.9. The predicted octanol–water partition coefficient (Wildman–Crippen LogP) is 1.93. The van der Waals surface area contributed by atoms with Crippen molar-refractivity contribution < 1.29 is 4.79 Å². The molecule has 2 N–H and O–H groups in total. The van der Waals surface area contributed by atoms with Gasteiger partial charge in [-0.15, -0.1) is 0 Å². The van der Waals surface area contributed by atoms with E-state index in [1.807, 2.05) is 0 Å². The zero-order chi connectivity index (χ0) is 12.4. The van der Waals surface area contributed by atoms with Crippen molar-refractivity contribution in [3.05, 3.63) is 35.4 Å². The Balaban J connectivity index is 1.72. The van der Waals surface area contributed by atoms with E-state index in [0.29, 0.717) is 6.04 Å². The summed E-state index contributed by atoms with van der Waals surface area (Å²) in [5.74, 6) is 0.178. The summed E-state index contributed by atoms with van der Waals surface area (Å²) in [5, 5.41) is 6.54. The predicted molar refractivity (Wildman–Crippen MR) is 71.3 cm³/mol. The SMILES string of the molecule is O=C1NCCCCC1NC1CCc2ccccc21. The van der Waals surface area contributed by atoms with Gasteiger partial charge in [-0.2, -0.15) is 0 Å². The zero-order valence-electron chi connectivity index (χ0n) is 10.6. The minimum atomic E-state index is -0.0105. The van der Waals surface area contributed by atoms with Gasteiger partial charge in [-0.25, -0.2) is 0 Å². The van der Waals surface area contributed by atoms with Gasteiger partial charge in [0.15, 0.2) is 0 Å². The molecule has 2 atom stereocenters. The molecule has 0 spiro atoms. The second-order valence-electron chi connectivity index (χ2n) is 5.30. The van der Waals surface area contributed by atoms with E-state index in [1.165, 1.54) is 11.1 Å². The molecule has 0 radical (unpaired) electrons. The van der Waals surface area contributed by atoms with E-state index >= 15 is 0 Å². The number of amides is 1. The van der Waals surface area contributed by atoms with Crippen LogP contribution in [0, 0.1) is 0 Å². The second kappa shape index (κ2) is 5.11. The van der Waals surface area contributed by atoms with Crippen LogP contribution in [0.15, 0.2) is 24.3 Å². The molecule has 2 unspecified atom stereocenters. The van der Waals surface area contributed by atoms with E-state index in [0.717, 1.165) is 38.6 Å². The van der Waals surface area contributed by atoms with Crippen LogP contribution in [0.25, 0.3) is 0 Å². The van der Waals surface area contributed by atoms with Crippen molar-refractivity contribution in [2.75, 3.05) is 6.54 Å². The fourth-order valence-corrected chi connectivity index (χ4v) is 3.07. The first kappa shape index (κ1) is 11.7. The molecule has 0 bridgehead atoms. The largest absolute Gasteiger partial charge is 0.355 e. The Morgan fingerprint density at radius 3 is 2.94 bits per heavy atom. The van der Waals surface area contributed by atoms with Gasteiger partial charge >= 0.3 is 0 Å². The fourth-order valence-electron chi connectivity index (χ4n) is 3.07. The maximum Gasteiger partial charge on any atom is 0.237 e. The third kappa shape index (κ3) is 2.27. The van der Waals surface area contributed by atoms with Gasteiger partial charge in [0.1, 0.15) is 0 Å². The summed E-state index contributed by atoms with van der Waals surface area (Å²) in [6.45, 7) is 0.832. The molecule has 0 saturated carbocycles. The molecule has 1 aliphatic heterocycles. The van der Waals surface area contributed by atoms with Crippen molar-refractivity contribution in [2.24, 2.45) is 0 Å². The normalized spacial score (nSPS) is 27.4. The molecule has 1 heterocycles. The molecule has 1 amide bonds. The highest BCUT2D eigenvalue weighted by Gasteiger charge is 2.28. The minimum absolute atomic E-state index is 0.0105. The van der Waals surface area contributed by atoms with Gasteiger partial charge in [0.25, 0.3) is 0 Å². The smallest absolute Gasteiger partial charge is 0.237 e. The van der Waals surface area contributed by atoms with Gasteiger partial charge in [0.2, 0.25) is 5.91 Å². The molecule has 1 aromatic rings.